The highest BCUT2D eigenvalue weighted by Gasteiger charge is 2.18. The summed E-state index contributed by atoms with van der Waals surface area (Å²) in [7, 11) is 0. The van der Waals surface area contributed by atoms with Crippen molar-refractivity contribution in [2.45, 2.75) is 33.1 Å². The molecule has 0 N–H and O–H groups in total. The Labute approximate surface area is 130 Å². The maximum Gasteiger partial charge on any atom is 0.227 e. The zero-order valence-electron chi connectivity index (χ0n) is 13.2. The third-order valence-electron chi connectivity index (χ3n) is 4.27. The van der Waals surface area contributed by atoms with Crippen molar-refractivity contribution < 1.29 is 8.91 Å². The Bertz CT molecular complexity index is 641. The minimum atomic E-state index is -0.244. The fourth-order valence-corrected chi connectivity index (χ4v) is 2.89. The van der Waals surface area contributed by atoms with Crippen molar-refractivity contribution in [2.75, 3.05) is 19.6 Å². The maximum absolute atomic E-state index is 13.6. The summed E-state index contributed by atoms with van der Waals surface area (Å²) in [5.74, 6) is 1.66. The lowest BCUT2D eigenvalue weighted by molar-refractivity contribution is 0.311. The molecule has 1 atom stereocenters. The lowest BCUT2D eigenvalue weighted by Crippen LogP contribution is -2.21. The first-order valence-corrected chi connectivity index (χ1v) is 7.93. The standard InChI is InChI=1S/C17H22FN3O/c1-12-7-9-21(11-12)8-3-4-16-19-17(20-22-16)14-6-5-13(2)15(18)10-14/h5-6,10,12H,3-4,7-9,11H2,1-2H3. The molecule has 1 aromatic carbocycles. The predicted octanol–water partition coefficient (Wildman–Crippen LogP) is 3.46. The summed E-state index contributed by atoms with van der Waals surface area (Å²) in [6.07, 6.45) is 3.08. The zero-order valence-corrected chi connectivity index (χ0v) is 13.2. The third-order valence-corrected chi connectivity index (χ3v) is 4.27. The van der Waals surface area contributed by atoms with E-state index in [0.717, 1.165) is 25.3 Å². The Balaban J connectivity index is 1.55. The van der Waals surface area contributed by atoms with E-state index in [1.165, 1.54) is 25.6 Å². The minimum Gasteiger partial charge on any atom is -0.339 e. The smallest absolute Gasteiger partial charge is 0.227 e. The Morgan fingerprint density at radius 3 is 3.00 bits per heavy atom. The summed E-state index contributed by atoms with van der Waals surface area (Å²) < 4.78 is 18.9. The van der Waals surface area contributed by atoms with E-state index in [9.17, 15) is 4.39 Å². The highest BCUT2D eigenvalue weighted by molar-refractivity contribution is 5.54. The number of aromatic nitrogens is 2. The molecule has 1 aliphatic heterocycles. The third kappa shape index (κ3) is 3.53. The van der Waals surface area contributed by atoms with Crippen LogP contribution in [0, 0.1) is 18.7 Å². The van der Waals surface area contributed by atoms with Gasteiger partial charge in [0.15, 0.2) is 0 Å². The number of halogens is 1. The van der Waals surface area contributed by atoms with E-state index in [2.05, 4.69) is 22.0 Å². The molecule has 22 heavy (non-hydrogen) atoms. The van der Waals surface area contributed by atoms with Gasteiger partial charge in [-0.05, 0) is 50.4 Å². The van der Waals surface area contributed by atoms with E-state index in [-0.39, 0.29) is 5.82 Å². The van der Waals surface area contributed by atoms with Gasteiger partial charge >= 0.3 is 0 Å². The first-order chi connectivity index (χ1) is 10.6. The number of hydrogen-bond donors (Lipinski definition) is 0. The molecule has 0 saturated carbocycles. The van der Waals surface area contributed by atoms with Crippen molar-refractivity contribution in [3.05, 3.63) is 35.5 Å². The van der Waals surface area contributed by atoms with E-state index in [4.69, 9.17) is 4.52 Å². The maximum atomic E-state index is 13.6. The van der Waals surface area contributed by atoms with Gasteiger partial charge < -0.3 is 9.42 Å². The molecule has 2 heterocycles. The van der Waals surface area contributed by atoms with Crippen LogP contribution in [0.5, 0.6) is 0 Å². The summed E-state index contributed by atoms with van der Waals surface area (Å²) >= 11 is 0. The fourth-order valence-electron chi connectivity index (χ4n) is 2.89. The van der Waals surface area contributed by atoms with Crippen LogP contribution in [0.3, 0.4) is 0 Å². The Morgan fingerprint density at radius 1 is 1.41 bits per heavy atom. The van der Waals surface area contributed by atoms with Crippen LogP contribution in [0.25, 0.3) is 11.4 Å². The van der Waals surface area contributed by atoms with Gasteiger partial charge in [0.2, 0.25) is 11.7 Å². The zero-order chi connectivity index (χ0) is 15.5. The molecule has 1 fully saturated rings. The minimum absolute atomic E-state index is 0.244. The van der Waals surface area contributed by atoms with Crippen molar-refractivity contribution in [2.24, 2.45) is 5.92 Å². The van der Waals surface area contributed by atoms with E-state index >= 15 is 0 Å². The van der Waals surface area contributed by atoms with Crippen molar-refractivity contribution in [1.29, 1.82) is 0 Å². The molecule has 1 saturated heterocycles. The second-order valence-electron chi connectivity index (χ2n) is 6.27. The Kier molecular flexibility index (Phi) is 4.52. The van der Waals surface area contributed by atoms with E-state index < -0.39 is 0 Å². The van der Waals surface area contributed by atoms with Crippen LogP contribution in [0.15, 0.2) is 22.7 Å². The van der Waals surface area contributed by atoms with Crippen LogP contribution in [0.1, 0.15) is 31.2 Å². The molecule has 1 unspecified atom stereocenters. The van der Waals surface area contributed by atoms with Gasteiger partial charge in [0.1, 0.15) is 5.82 Å². The van der Waals surface area contributed by atoms with Gasteiger partial charge in [0.25, 0.3) is 0 Å². The van der Waals surface area contributed by atoms with Gasteiger partial charge in [0.05, 0.1) is 0 Å². The second-order valence-corrected chi connectivity index (χ2v) is 6.27. The monoisotopic (exact) mass is 303 g/mol. The number of nitrogens with zero attached hydrogens (tertiary/aromatic N) is 3. The van der Waals surface area contributed by atoms with Crippen LogP contribution >= 0.6 is 0 Å². The van der Waals surface area contributed by atoms with Gasteiger partial charge in [0, 0.05) is 18.5 Å². The summed E-state index contributed by atoms with van der Waals surface area (Å²) in [5.41, 5.74) is 1.28. The summed E-state index contributed by atoms with van der Waals surface area (Å²) in [4.78, 5) is 6.85. The molecule has 3 rings (SSSR count). The molecule has 4 nitrogen and oxygen atoms in total. The Hall–Kier alpha value is -1.75. The highest BCUT2D eigenvalue weighted by atomic mass is 19.1. The molecule has 0 radical (unpaired) electrons. The second kappa shape index (κ2) is 6.57. The molecule has 2 aromatic rings. The van der Waals surface area contributed by atoms with Crippen LogP contribution in [-0.2, 0) is 6.42 Å². The number of benzene rings is 1. The van der Waals surface area contributed by atoms with Crippen LogP contribution < -0.4 is 0 Å². The SMILES string of the molecule is Cc1ccc(-c2noc(CCCN3CCC(C)C3)n2)cc1F. The number of hydrogen-bond acceptors (Lipinski definition) is 4. The van der Waals surface area contributed by atoms with E-state index in [0.29, 0.717) is 22.8 Å². The molecule has 0 bridgehead atoms. The first-order valence-electron chi connectivity index (χ1n) is 7.93. The van der Waals surface area contributed by atoms with Crippen molar-refractivity contribution in [3.63, 3.8) is 0 Å². The molecular formula is C17H22FN3O. The number of aryl methyl sites for hydroxylation is 2. The number of rotatable bonds is 5. The van der Waals surface area contributed by atoms with Crippen molar-refractivity contribution >= 4 is 0 Å². The highest BCUT2D eigenvalue weighted by Crippen LogP contribution is 2.20. The lowest BCUT2D eigenvalue weighted by atomic mass is 10.1. The number of likely N-dealkylation sites (tertiary alicyclic amines) is 1. The van der Waals surface area contributed by atoms with Crippen LogP contribution in [-0.4, -0.2) is 34.7 Å². The largest absolute Gasteiger partial charge is 0.339 e. The predicted molar refractivity (Wildman–Crippen MR) is 83.0 cm³/mol. The van der Waals surface area contributed by atoms with Crippen LogP contribution in [0.4, 0.5) is 4.39 Å². The van der Waals surface area contributed by atoms with Gasteiger partial charge in [-0.25, -0.2) is 4.39 Å². The van der Waals surface area contributed by atoms with Gasteiger partial charge in [-0.2, -0.15) is 4.98 Å². The normalized spacial score (nSPS) is 19.0. The molecule has 1 aliphatic rings. The van der Waals surface area contributed by atoms with Crippen LogP contribution in [0.2, 0.25) is 0 Å². The summed E-state index contributed by atoms with van der Waals surface area (Å²) in [6, 6.07) is 5.00. The van der Waals surface area contributed by atoms with Crippen molar-refractivity contribution in [1.82, 2.24) is 15.0 Å². The molecule has 118 valence electrons. The Morgan fingerprint density at radius 2 is 2.27 bits per heavy atom. The quantitative estimate of drug-likeness (QED) is 0.848. The summed E-state index contributed by atoms with van der Waals surface area (Å²) in [5, 5.41) is 3.95. The topological polar surface area (TPSA) is 42.2 Å². The van der Waals surface area contributed by atoms with E-state index in [1.54, 1.807) is 13.0 Å². The molecule has 1 aromatic heterocycles. The average molecular weight is 303 g/mol. The average Bonchev–Trinajstić information content (AvgIpc) is 3.11. The molecular weight excluding hydrogens is 281 g/mol. The van der Waals surface area contributed by atoms with Gasteiger partial charge in [-0.15, -0.1) is 0 Å². The first kappa shape index (κ1) is 15.2. The molecule has 5 heteroatoms. The molecule has 0 aliphatic carbocycles. The molecule has 0 amide bonds. The molecule has 0 spiro atoms. The van der Waals surface area contributed by atoms with Crippen molar-refractivity contribution in [3.8, 4) is 11.4 Å². The van der Waals surface area contributed by atoms with E-state index in [1.807, 2.05) is 6.07 Å². The van der Waals surface area contributed by atoms with Gasteiger partial charge in [-0.3, -0.25) is 0 Å². The van der Waals surface area contributed by atoms with Gasteiger partial charge in [-0.1, -0.05) is 24.2 Å². The fraction of sp³-hybridized carbons (Fsp3) is 0.529. The lowest BCUT2D eigenvalue weighted by Gasteiger charge is -2.13. The summed E-state index contributed by atoms with van der Waals surface area (Å²) in [6.45, 7) is 7.49.